The molecule has 4 nitrogen and oxygen atoms in total. The number of carbonyl (C=O) groups is 1. The van der Waals surface area contributed by atoms with Gasteiger partial charge in [-0.25, -0.2) is 4.39 Å². The Bertz CT molecular complexity index is 438. The van der Waals surface area contributed by atoms with Crippen molar-refractivity contribution in [3.8, 4) is 5.75 Å². The van der Waals surface area contributed by atoms with E-state index >= 15 is 0 Å². The van der Waals surface area contributed by atoms with E-state index in [1.54, 1.807) is 19.9 Å². The summed E-state index contributed by atoms with van der Waals surface area (Å²) in [6.07, 6.45) is 0. The third-order valence-electron chi connectivity index (χ3n) is 1.99. The van der Waals surface area contributed by atoms with Crippen LogP contribution in [0.25, 0.3) is 0 Å². The van der Waals surface area contributed by atoms with Gasteiger partial charge in [-0.3, -0.25) is 4.79 Å². The van der Waals surface area contributed by atoms with Crippen LogP contribution < -0.4 is 15.8 Å². The molecule has 7 heteroatoms. The molecule has 1 rings (SSSR count). The van der Waals surface area contributed by atoms with E-state index in [4.69, 9.17) is 10.5 Å². The standard InChI is InChI=1S/C12H16BrFN2O2.ClH/c1-12(2,15)7-16-11(17)6-18-10-4-3-8(13)5-9(10)14;/h3-5H,6-7,15H2,1-2H3,(H,16,17);1H. The quantitative estimate of drug-likeness (QED) is 0.851. The number of ether oxygens (including phenoxy) is 1. The van der Waals surface area contributed by atoms with E-state index in [2.05, 4.69) is 21.2 Å². The van der Waals surface area contributed by atoms with Crippen LogP contribution in [0.4, 0.5) is 4.39 Å². The summed E-state index contributed by atoms with van der Waals surface area (Å²) in [5.41, 5.74) is 5.22. The van der Waals surface area contributed by atoms with Crippen LogP contribution in [-0.4, -0.2) is 24.6 Å². The van der Waals surface area contributed by atoms with Crippen LogP contribution in [0, 0.1) is 5.82 Å². The largest absolute Gasteiger partial charge is 0.481 e. The van der Waals surface area contributed by atoms with E-state index in [1.165, 1.54) is 12.1 Å². The SMILES string of the molecule is CC(C)(N)CNC(=O)COc1ccc(Br)cc1F.Cl. The van der Waals surface area contributed by atoms with E-state index in [-0.39, 0.29) is 30.7 Å². The molecule has 1 aromatic rings. The van der Waals surface area contributed by atoms with Gasteiger partial charge < -0.3 is 15.8 Å². The van der Waals surface area contributed by atoms with Crippen molar-refractivity contribution in [3.63, 3.8) is 0 Å². The zero-order valence-corrected chi connectivity index (χ0v) is 13.1. The van der Waals surface area contributed by atoms with Crippen LogP contribution in [0.15, 0.2) is 22.7 Å². The number of nitrogens with two attached hydrogens (primary N) is 1. The highest BCUT2D eigenvalue weighted by Crippen LogP contribution is 2.21. The smallest absolute Gasteiger partial charge is 0.258 e. The number of carbonyl (C=O) groups excluding carboxylic acids is 1. The van der Waals surface area contributed by atoms with E-state index in [9.17, 15) is 9.18 Å². The molecular formula is C12H17BrClFN2O2. The van der Waals surface area contributed by atoms with E-state index in [0.717, 1.165) is 0 Å². The number of benzene rings is 1. The first-order chi connectivity index (χ1) is 8.28. The molecule has 0 heterocycles. The molecule has 3 N–H and O–H groups in total. The maximum absolute atomic E-state index is 13.4. The zero-order valence-electron chi connectivity index (χ0n) is 10.7. The summed E-state index contributed by atoms with van der Waals surface area (Å²) in [6.45, 7) is 3.68. The minimum atomic E-state index is -0.517. The zero-order chi connectivity index (χ0) is 13.8. The summed E-state index contributed by atoms with van der Waals surface area (Å²) in [4.78, 5) is 11.4. The second-order valence-corrected chi connectivity index (χ2v) is 5.54. The average Bonchev–Trinajstić information content (AvgIpc) is 2.24. The van der Waals surface area contributed by atoms with Crippen molar-refractivity contribution < 1.29 is 13.9 Å². The number of halogens is 3. The fourth-order valence-corrected chi connectivity index (χ4v) is 1.45. The van der Waals surface area contributed by atoms with E-state index in [1.807, 2.05) is 0 Å². The molecule has 0 saturated heterocycles. The topological polar surface area (TPSA) is 64.3 Å². The van der Waals surface area contributed by atoms with Gasteiger partial charge in [0.05, 0.1) is 0 Å². The van der Waals surface area contributed by atoms with Crippen molar-refractivity contribution in [1.29, 1.82) is 0 Å². The molecular weight excluding hydrogens is 338 g/mol. The molecule has 0 saturated carbocycles. The summed E-state index contributed by atoms with van der Waals surface area (Å²) in [5.74, 6) is -0.812. The van der Waals surface area contributed by atoms with Gasteiger partial charge in [0.15, 0.2) is 18.2 Å². The highest BCUT2D eigenvalue weighted by atomic mass is 79.9. The third-order valence-corrected chi connectivity index (χ3v) is 2.49. The fourth-order valence-electron chi connectivity index (χ4n) is 1.11. The van der Waals surface area contributed by atoms with Crippen molar-refractivity contribution in [2.75, 3.05) is 13.2 Å². The predicted molar refractivity (Wildman–Crippen MR) is 78.1 cm³/mol. The number of amides is 1. The van der Waals surface area contributed by atoms with Gasteiger partial charge in [0.25, 0.3) is 5.91 Å². The number of hydrogen-bond donors (Lipinski definition) is 2. The molecule has 0 aliphatic carbocycles. The Labute approximate surface area is 126 Å². The van der Waals surface area contributed by atoms with Crippen molar-refractivity contribution in [2.45, 2.75) is 19.4 Å². The van der Waals surface area contributed by atoms with Crippen LogP contribution >= 0.6 is 28.3 Å². The Hall–Kier alpha value is -0.850. The molecule has 1 amide bonds. The minimum Gasteiger partial charge on any atom is -0.481 e. The van der Waals surface area contributed by atoms with Gasteiger partial charge in [-0.15, -0.1) is 12.4 Å². The average molecular weight is 356 g/mol. The number of hydrogen-bond acceptors (Lipinski definition) is 3. The first-order valence-electron chi connectivity index (χ1n) is 5.41. The van der Waals surface area contributed by atoms with Crippen LogP contribution in [0.1, 0.15) is 13.8 Å². The van der Waals surface area contributed by atoms with Gasteiger partial charge in [-0.1, -0.05) is 15.9 Å². The summed E-state index contributed by atoms with van der Waals surface area (Å²) < 4.78 is 19.1. The van der Waals surface area contributed by atoms with E-state index in [0.29, 0.717) is 11.0 Å². The summed E-state index contributed by atoms with van der Waals surface area (Å²) in [7, 11) is 0. The van der Waals surface area contributed by atoms with Crippen LogP contribution in [0.5, 0.6) is 5.75 Å². The third kappa shape index (κ3) is 7.34. The molecule has 19 heavy (non-hydrogen) atoms. The lowest BCUT2D eigenvalue weighted by Gasteiger charge is -2.18. The first kappa shape index (κ1) is 18.1. The molecule has 0 radical (unpaired) electrons. The minimum absolute atomic E-state index is 0. The van der Waals surface area contributed by atoms with Crippen molar-refractivity contribution in [1.82, 2.24) is 5.32 Å². The maximum Gasteiger partial charge on any atom is 0.258 e. The first-order valence-corrected chi connectivity index (χ1v) is 6.21. The van der Waals surface area contributed by atoms with Crippen LogP contribution in [0.2, 0.25) is 0 Å². The van der Waals surface area contributed by atoms with Gasteiger partial charge in [0.1, 0.15) is 0 Å². The maximum atomic E-state index is 13.4. The highest BCUT2D eigenvalue weighted by molar-refractivity contribution is 9.10. The second kappa shape index (κ2) is 7.67. The lowest BCUT2D eigenvalue weighted by atomic mass is 10.1. The Kier molecular flexibility index (Phi) is 7.33. The van der Waals surface area contributed by atoms with Crippen molar-refractivity contribution in [3.05, 3.63) is 28.5 Å². The fraction of sp³-hybridized carbons (Fsp3) is 0.417. The van der Waals surface area contributed by atoms with E-state index < -0.39 is 11.4 Å². The Morgan fingerprint density at radius 3 is 2.68 bits per heavy atom. The van der Waals surface area contributed by atoms with Gasteiger partial charge >= 0.3 is 0 Å². The van der Waals surface area contributed by atoms with Crippen molar-refractivity contribution >= 4 is 34.2 Å². The summed E-state index contributed by atoms with van der Waals surface area (Å²) in [5, 5.41) is 2.60. The lowest BCUT2D eigenvalue weighted by molar-refractivity contribution is -0.123. The molecule has 0 aromatic heterocycles. The van der Waals surface area contributed by atoms with Crippen LogP contribution in [0.3, 0.4) is 0 Å². The monoisotopic (exact) mass is 354 g/mol. The molecule has 0 unspecified atom stereocenters. The van der Waals surface area contributed by atoms with Crippen molar-refractivity contribution in [2.24, 2.45) is 5.73 Å². The normalized spacial score (nSPS) is 10.6. The summed E-state index contributed by atoms with van der Waals surface area (Å²) >= 11 is 3.13. The molecule has 0 atom stereocenters. The molecule has 0 spiro atoms. The van der Waals surface area contributed by atoms with Gasteiger partial charge in [0.2, 0.25) is 0 Å². The molecule has 108 valence electrons. The summed E-state index contributed by atoms with van der Waals surface area (Å²) in [6, 6.07) is 4.37. The molecule has 0 aliphatic rings. The lowest BCUT2D eigenvalue weighted by Crippen LogP contribution is -2.46. The number of nitrogens with one attached hydrogen (secondary N) is 1. The van der Waals surface area contributed by atoms with Gasteiger partial charge in [-0.05, 0) is 32.0 Å². The molecule has 1 aromatic carbocycles. The van der Waals surface area contributed by atoms with Gasteiger partial charge in [-0.2, -0.15) is 0 Å². The Balaban J connectivity index is 0.00000324. The van der Waals surface area contributed by atoms with Crippen LogP contribution in [-0.2, 0) is 4.79 Å². The number of rotatable bonds is 5. The second-order valence-electron chi connectivity index (χ2n) is 4.63. The molecule has 0 bridgehead atoms. The Morgan fingerprint density at radius 2 is 2.16 bits per heavy atom. The predicted octanol–water partition coefficient (Wildman–Crippen LogP) is 2.24. The highest BCUT2D eigenvalue weighted by Gasteiger charge is 2.13. The van der Waals surface area contributed by atoms with Gasteiger partial charge in [0, 0.05) is 16.6 Å². The molecule has 0 fully saturated rings. The Morgan fingerprint density at radius 1 is 1.53 bits per heavy atom. The molecule has 0 aliphatic heterocycles.